The Bertz CT molecular complexity index is 483. The lowest BCUT2D eigenvalue weighted by molar-refractivity contribution is 0.0524. The van der Waals surface area contributed by atoms with Crippen LogP contribution < -0.4 is 5.32 Å². The number of thiophene rings is 1. The van der Waals surface area contributed by atoms with Crippen LogP contribution in [0.25, 0.3) is 0 Å². The van der Waals surface area contributed by atoms with Gasteiger partial charge in [0.05, 0.1) is 6.04 Å². The third kappa shape index (κ3) is 4.21. The molecule has 1 saturated heterocycles. The van der Waals surface area contributed by atoms with Crippen molar-refractivity contribution in [3.05, 3.63) is 21.9 Å². The molecule has 1 aliphatic rings. The first-order chi connectivity index (χ1) is 10.5. The monoisotopic (exact) mass is 325 g/mol. The minimum absolute atomic E-state index is 0.00737. The maximum absolute atomic E-state index is 12.4. The highest BCUT2D eigenvalue weighted by Crippen LogP contribution is 2.26. The number of urea groups is 1. The van der Waals surface area contributed by atoms with Crippen LogP contribution >= 0.6 is 11.3 Å². The van der Waals surface area contributed by atoms with Crippen LogP contribution in [0.5, 0.6) is 0 Å². The van der Waals surface area contributed by atoms with E-state index in [-0.39, 0.29) is 18.1 Å². The molecule has 0 spiro atoms. The number of rotatable bonds is 5. The van der Waals surface area contributed by atoms with Gasteiger partial charge in [-0.3, -0.25) is 0 Å². The summed E-state index contributed by atoms with van der Waals surface area (Å²) in [4.78, 5) is 17.7. The summed E-state index contributed by atoms with van der Waals surface area (Å²) in [6, 6.07) is 2.64. The zero-order valence-corrected chi connectivity index (χ0v) is 14.8. The highest BCUT2D eigenvalue weighted by Gasteiger charge is 2.24. The Hall–Kier alpha value is -1.11. The maximum atomic E-state index is 12.4. The average Bonchev–Trinajstić information content (AvgIpc) is 2.93. The van der Waals surface area contributed by atoms with E-state index in [1.54, 1.807) is 11.3 Å². The molecule has 1 aromatic rings. The Morgan fingerprint density at radius 2 is 2.09 bits per heavy atom. The summed E-state index contributed by atoms with van der Waals surface area (Å²) in [6.07, 6.45) is 1.84. The molecule has 2 heterocycles. The van der Waals surface area contributed by atoms with E-state index >= 15 is 0 Å². The number of likely N-dealkylation sites (N-methyl/N-ethyl adjacent to an activating group) is 1. The lowest BCUT2D eigenvalue weighted by atomic mass is 10.1. The van der Waals surface area contributed by atoms with Crippen molar-refractivity contribution in [1.29, 1.82) is 0 Å². The summed E-state index contributed by atoms with van der Waals surface area (Å²) in [5.41, 5.74) is 1.29. The van der Waals surface area contributed by atoms with Crippen LogP contribution in [-0.4, -0.2) is 62.8 Å². The van der Waals surface area contributed by atoms with E-state index in [1.165, 1.54) is 10.4 Å². The van der Waals surface area contributed by atoms with Gasteiger partial charge in [0, 0.05) is 37.7 Å². The zero-order chi connectivity index (χ0) is 16.1. The van der Waals surface area contributed by atoms with Crippen molar-refractivity contribution in [2.24, 2.45) is 0 Å². The normalized spacial score (nSPS) is 17.5. The van der Waals surface area contributed by atoms with E-state index in [9.17, 15) is 4.79 Å². The number of nitrogens with one attached hydrogen (secondary N) is 1. The van der Waals surface area contributed by atoms with E-state index in [2.05, 4.69) is 42.7 Å². The van der Waals surface area contributed by atoms with Crippen LogP contribution in [0, 0.1) is 6.92 Å². The minimum Gasteiger partial charge on any atom is -0.381 e. The number of hydrogen-bond donors (Lipinski definition) is 1. The summed E-state index contributed by atoms with van der Waals surface area (Å²) >= 11 is 1.75. The van der Waals surface area contributed by atoms with Crippen molar-refractivity contribution in [3.8, 4) is 0 Å². The Kier molecular flexibility index (Phi) is 6.23. The van der Waals surface area contributed by atoms with Crippen molar-refractivity contribution in [2.75, 3.05) is 40.9 Å². The quantitative estimate of drug-likeness (QED) is 0.904. The predicted molar refractivity (Wildman–Crippen MR) is 90.5 cm³/mol. The van der Waals surface area contributed by atoms with Gasteiger partial charge in [0.1, 0.15) is 0 Å². The molecular formula is C16H27N3O2S. The fraction of sp³-hybridized carbons (Fsp3) is 0.688. The van der Waals surface area contributed by atoms with E-state index in [1.807, 2.05) is 11.9 Å². The van der Waals surface area contributed by atoms with Crippen LogP contribution in [0.4, 0.5) is 4.79 Å². The van der Waals surface area contributed by atoms with E-state index in [4.69, 9.17) is 4.74 Å². The second-order valence-electron chi connectivity index (χ2n) is 6.09. The molecule has 1 N–H and O–H groups in total. The topological polar surface area (TPSA) is 44.8 Å². The van der Waals surface area contributed by atoms with Gasteiger partial charge in [-0.2, -0.15) is 0 Å². The van der Waals surface area contributed by atoms with E-state index in [0.717, 1.165) is 26.1 Å². The molecule has 0 aliphatic carbocycles. The minimum atomic E-state index is 0.00737. The zero-order valence-electron chi connectivity index (χ0n) is 14.0. The Labute approximate surface area is 137 Å². The smallest absolute Gasteiger partial charge is 0.317 e. The van der Waals surface area contributed by atoms with Gasteiger partial charge in [-0.1, -0.05) is 0 Å². The largest absolute Gasteiger partial charge is 0.381 e. The molecule has 0 saturated carbocycles. The molecule has 22 heavy (non-hydrogen) atoms. The van der Waals surface area contributed by atoms with E-state index < -0.39 is 0 Å². The predicted octanol–water partition coefficient (Wildman–Crippen LogP) is 2.48. The van der Waals surface area contributed by atoms with Gasteiger partial charge < -0.3 is 19.9 Å². The van der Waals surface area contributed by atoms with Crippen molar-refractivity contribution in [2.45, 2.75) is 31.8 Å². The van der Waals surface area contributed by atoms with Crippen molar-refractivity contribution in [1.82, 2.24) is 15.1 Å². The molecule has 2 rings (SSSR count). The molecule has 0 radical (unpaired) electrons. The maximum Gasteiger partial charge on any atom is 0.317 e. The van der Waals surface area contributed by atoms with Gasteiger partial charge in [0.2, 0.25) is 0 Å². The summed E-state index contributed by atoms with van der Waals surface area (Å²) in [5.74, 6) is 0. The molecule has 2 amide bonds. The molecule has 0 unspecified atom stereocenters. The van der Waals surface area contributed by atoms with Gasteiger partial charge in [-0.15, -0.1) is 11.3 Å². The first kappa shape index (κ1) is 17.2. The van der Waals surface area contributed by atoms with Gasteiger partial charge in [0.15, 0.2) is 0 Å². The SMILES string of the molecule is Cc1ccsc1[C@H](CNC(=O)N(C)C1CCOCC1)N(C)C. The third-order valence-corrected chi connectivity index (χ3v) is 5.45. The number of nitrogens with zero attached hydrogens (tertiary/aromatic N) is 2. The standard InChI is InChI=1S/C16H27N3O2S/c1-12-7-10-22-15(12)14(18(2)3)11-17-16(20)19(4)13-5-8-21-9-6-13/h7,10,13-14H,5-6,8-9,11H2,1-4H3,(H,17,20)/t14-/m0/s1. The van der Waals surface area contributed by atoms with Gasteiger partial charge in [0.25, 0.3) is 0 Å². The number of carbonyl (C=O) groups is 1. The molecule has 6 heteroatoms. The van der Waals surface area contributed by atoms with Crippen molar-refractivity contribution < 1.29 is 9.53 Å². The van der Waals surface area contributed by atoms with Crippen LogP contribution in [0.2, 0.25) is 0 Å². The van der Waals surface area contributed by atoms with Crippen molar-refractivity contribution in [3.63, 3.8) is 0 Å². The van der Waals surface area contributed by atoms with Crippen molar-refractivity contribution >= 4 is 17.4 Å². The number of carbonyl (C=O) groups excluding carboxylic acids is 1. The van der Waals surface area contributed by atoms with E-state index in [0.29, 0.717) is 6.54 Å². The first-order valence-electron chi connectivity index (χ1n) is 7.79. The molecular weight excluding hydrogens is 298 g/mol. The Morgan fingerprint density at radius 1 is 1.41 bits per heavy atom. The van der Waals surface area contributed by atoms with Gasteiger partial charge in [-0.05, 0) is 50.9 Å². The highest BCUT2D eigenvalue weighted by atomic mass is 32.1. The summed E-state index contributed by atoms with van der Waals surface area (Å²) < 4.78 is 5.36. The van der Waals surface area contributed by atoms with Gasteiger partial charge >= 0.3 is 6.03 Å². The molecule has 1 aromatic heterocycles. The summed E-state index contributed by atoms with van der Waals surface area (Å²) in [5, 5.41) is 5.20. The van der Waals surface area contributed by atoms with Crippen LogP contribution in [-0.2, 0) is 4.74 Å². The number of hydrogen-bond acceptors (Lipinski definition) is 4. The second-order valence-corrected chi connectivity index (χ2v) is 7.04. The Morgan fingerprint density at radius 3 is 2.64 bits per heavy atom. The van der Waals surface area contributed by atoms with Crippen LogP contribution in [0.3, 0.4) is 0 Å². The molecule has 124 valence electrons. The first-order valence-corrected chi connectivity index (χ1v) is 8.67. The highest BCUT2D eigenvalue weighted by molar-refractivity contribution is 7.10. The van der Waals surface area contributed by atoms with Crippen LogP contribution in [0.1, 0.15) is 29.3 Å². The second kappa shape index (κ2) is 7.94. The number of aryl methyl sites for hydroxylation is 1. The Balaban J connectivity index is 1.91. The molecule has 1 atom stereocenters. The summed E-state index contributed by atoms with van der Waals surface area (Å²) in [7, 11) is 5.99. The lowest BCUT2D eigenvalue weighted by Gasteiger charge is -2.32. The third-order valence-electron chi connectivity index (χ3n) is 4.33. The molecule has 0 bridgehead atoms. The summed E-state index contributed by atoms with van der Waals surface area (Å²) in [6.45, 7) is 4.24. The number of ether oxygens (including phenoxy) is 1. The van der Waals surface area contributed by atoms with Gasteiger partial charge in [-0.25, -0.2) is 4.79 Å². The molecule has 5 nitrogen and oxygen atoms in total. The number of amides is 2. The molecule has 1 aliphatic heterocycles. The molecule has 0 aromatic carbocycles. The fourth-order valence-corrected chi connectivity index (χ4v) is 3.91. The fourth-order valence-electron chi connectivity index (χ4n) is 2.78. The van der Waals surface area contributed by atoms with Crippen LogP contribution in [0.15, 0.2) is 11.4 Å². The lowest BCUT2D eigenvalue weighted by Crippen LogP contribution is -2.47. The molecule has 1 fully saturated rings. The average molecular weight is 325 g/mol.